The van der Waals surface area contributed by atoms with E-state index in [4.69, 9.17) is 9.47 Å². The Morgan fingerprint density at radius 3 is 2.41 bits per heavy atom. The summed E-state index contributed by atoms with van der Waals surface area (Å²) in [7, 11) is 2.96. The molecule has 0 saturated heterocycles. The number of benzene rings is 1. The molecule has 0 aliphatic rings. The molecule has 0 bridgehead atoms. The Kier molecular flexibility index (Phi) is 7.67. The number of pyridine rings is 1. The van der Waals surface area contributed by atoms with Crippen LogP contribution in [0.5, 0.6) is 17.2 Å². The summed E-state index contributed by atoms with van der Waals surface area (Å²) in [6.07, 6.45) is 1.55. The molecule has 158 valence electrons. The summed E-state index contributed by atoms with van der Waals surface area (Å²) in [5.74, 6) is -0.208. The Bertz CT molecular complexity index is 948. The highest BCUT2D eigenvalue weighted by molar-refractivity contribution is 6.03. The molecule has 0 spiro atoms. The number of ether oxygens (including phenoxy) is 2. The van der Waals surface area contributed by atoms with Crippen LogP contribution in [0, 0.1) is 0 Å². The maximum absolute atomic E-state index is 13.0. The van der Waals surface area contributed by atoms with Crippen LogP contribution < -0.4 is 20.3 Å². The van der Waals surface area contributed by atoms with Gasteiger partial charge in [-0.15, -0.1) is 6.58 Å². The number of aromatic nitrogens is 1. The van der Waals surface area contributed by atoms with Crippen molar-refractivity contribution >= 4 is 16.8 Å². The van der Waals surface area contributed by atoms with E-state index in [9.17, 15) is 14.7 Å². The van der Waals surface area contributed by atoms with Gasteiger partial charge in [-0.25, -0.2) is 0 Å². The van der Waals surface area contributed by atoms with Gasteiger partial charge in [-0.1, -0.05) is 19.9 Å². The molecule has 2 N–H and O–H groups in total. The number of allylic oxidation sites excluding steroid dienone is 1. The van der Waals surface area contributed by atoms with Crippen LogP contribution in [0.15, 0.2) is 29.6 Å². The number of fused-ring (bicyclic) bond motifs is 1. The average molecular weight is 403 g/mol. The fraction of sp³-hybridized carbons (Fsp3) is 0.429. The summed E-state index contributed by atoms with van der Waals surface area (Å²) in [5, 5.41) is 13.8. The van der Waals surface area contributed by atoms with Gasteiger partial charge < -0.3 is 29.4 Å². The second-order valence-corrected chi connectivity index (χ2v) is 6.44. The molecule has 0 radical (unpaired) electrons. The summed E-state index contributed by atoms with van der Waals surface area (Å²) in [5.41, 5.74) is -0.474. The Morgan fingerprint density at radius 1 is 1.24 bits per heavy atom. The van der Waals surface area contributed by atoms with Gasteiger partial charge in [0.2, 0.25) is 0 Å². The minimum absolute atomic E-state index is 0.171. The van der Waals surface area contributed by atoms with Gasteiger partial charge in [-0.2, -0.15) is 0 Å². The lowest BCUT2D eigenvalue weighted by atomic mass is 10.1. The van der Waals surface area contributed by atoms with E-state index in [-0.39, 0.29) is 17.9 Å². The Labute approximate surface area is 170 Å². The first-order valence-electron chi connectivity index (χ1n) is 9.56. The second kappa shape index (κ2) is 9.97. The molecule has 0 atom stereocenters. The summed E-state index contributed by atoms with van der Waals surface area (Å²) in [4.78, 5) is 27.9. The second-order valence-electron chi connectivity index (χ2n) is 6.44. The molecule has 0 aliphatic carbocycles. The van der Waals surface area contributed by atoms with Gasteiger partial charge in [0, 0.05) is 31.1 Å². The van der Waals surface area contributed by atoms with Gasteiger partial charge >= 0.3 is 0 Å². The topological polar surface area (TPSA) is 93.0 Å². The molecule has 2 rings (SSSR count). The van der Waals surface area contributed by atoms with Crippen molar-refractivity contribution in [2.45, 2.75) is 20.4 Å². The van der Waals surface area contributed by atoms with Crippen molar-refractivity contribution in [3.8, 4) is 17.2 Å². The van der Waals surface area contributed by atoms with Crippen molar-refractivity contribution in [3.63, 3.8) is 0 Å². The van der Waals surface area contributed by atoms with Crippen molar-refractivity contribution in [2.24, 2.45) is 0 Å². The number of nitrogens with zero attached hydrogens (tertiary/aromatic N) is 2. The Hall–Kier alpha value is -3.00. The highest BCUT2D eigenvalue weighted by Crippen LogP contribution is 2.36. The summed E-state index contributed by atoms with van der Waals surface area (Å²) < 4.78 is 12.0. The van der Waals surface area contributed by atoms with Crippen LogP contribution in [-0.4, -0.2) is 60.9 Å². The number of hydrogen-bond acceptors (Lipinski definition) is 6. The molecular formula is C21H29N3O5. The van der Waals surface area contributed by atoms with E-state index < -0.39 is 11.5 Å². The maximum atomic E-state index is 13.0. The highest BCUT2D eigenvalue weighted by Gasteiger charge is 2.23. The molecule has 1 aromatic carbocycles. The van der Waals surface area contributed by atoms with Gasteiger partial charge in [-0.3, -0.25) is 9.59 Å². The number of nitrogens with one attached hydrogen (secondary N) is 1. The van der Waals surface area contributed by atoms with Crippen LogP contribution >= 0.6 is 0 Å². The number of amides is 1. The average Bonchev–Trinajstić information content (AvgIpc) is 2.73. The Morgan fingerprint density at radius 2 is 1.86 bits per heavy atom. The molecule has 1 amide bonds. The van der Waals surface area contributed by atoms with E-state index in [0.717, 1.165) is 13.1 Å². The van der Waals surface area contributed by atoms with Gasteiger partial charge in [0.25, 0.3) is 11.5 Å². The fourth-order valence-electron chi connectivity index (χ4n) is 3.23. The number of aromatic hydroxyl groups is 1. The van der Waals surface area contributed by atoms with Crippen molar-refractivity contribution in [1.82, 2.24) is 14.8 Å². The number of carbonyl (C=O) groups is 1. The molecule has 0 saturated carbocycles. The van der Waals surface area contributed by atoms with Gasteiger partial charge in [0.1, 0.15) is 11.3 Å². The standard InChI is InChI=1S/C21H29N3O5/c1-6-10-24-15-13-17(29-5)16(28-4)12-14(15)19(25)18(21(24)27)20(26)22-9-11-23(7-2)8-3/h6,12-13,25H,1,7-11H2,2-5H3,(H,22,26). The van der Waals surface area contributed by atoms with E-state index in [1.54, 1.807) is 18.2 Å². The van der Waals surface area contributed by atoms with E-state index in [1.165, 1.54) is 18.8 Å². The monoisotopic (exact) mass is 403 g/mol. The third-order valence-electron chi connectivity index (χ3n) is 4.89. The molecule has 8 heteroatoms. The first-order valence-corrected chi connectivity index (χ1v) is 9.56. The quantitative estimate of drug-likeness (QED) is 0.590. The predicted molar refractivity (Wildman–Crippen MR) is 113 cm³/mol. The lowest BCUT2D eigenvalue weighted by Gasteiger charge is -2.19. The first kappa shape index (κ1) is 22.3. The van der Waals surface area contributed by atoms with E-state index in [0.29, 0.717) is 35.5 Å². The van der Waals surface area contributed by atoms with Crippen LogP contribution in [0.3, 0.4) is 0 Å². The zero-order valence-corrected chi connectivity index (χ0v) is 17.4. The summed E-state index contributed by atoms with van der Waals surface area (Å²) >= 11 is 0. The molecule has 1 aromatic heterocycles. The SMILES string of the molecule is C=CCn1c(=O)c(C(=O)NCCN(CC)CC)c(O)c2cc(OC)c(OC)cc21. The third-order valence-corrected chi connectivity index (χ3v) is 4.89. The normalized spacial score (nSPS) is 10.9. The van der Waals surface area contributed by atoms with Crippen LogP contribution in [0.1, 0.15) is 24.2 Å². The molecule has 0 unspecified atom stereocenters. The van der Waals surface area contributed by atoms with Crippen LogP contribution in [0.4, 0.5) is 0 Å². The van der Waals surface area contributed by atoms with Crippen molar-refractivity contribution in [3.05, 3.63) is 40.7 Å². The zero-order valence-electron chi connectivity index (χ0n) is 17.4. The van der Waals surface area contributed by atoms with E-state index in [1.807, 2.05) is 13.8 Å². The fourth-order valence-corrected chi connectivity index (χ4v) is 3.23. The van der Waals surface area contributed by atoms with Crippen molar-refractivity contribution < 1.29 is 19.4 Å². The summed E-state index contributed by atoms with van der Waals surface area (Å²) in [6.45, 7) is 10.7. The number of methoxy groups -OCH3 is 2. The smallest absolute Gasteiger partial charge is 0.268 e. The van der Waals surface area contributed by atoms with Gasteiger partial charge in [0.15, 0.2) is 11.5 Å². The molecule has 0 aliphatic heterocycles. The van der Waals surface area contributed by atoms with Crippen LogP contribution in [0.2, 0.25) is 0 Å². The van der Waals surface area contributed by atoms with Crippen molar-refractivity contribution in [2.75, 3.05) is 40.4 Å². The minimum Gasteiger partial charge on any atom is -0.506 e. The molecule has 1 heterocycles. The van der Waals surface area contributed by atoms with E-state index >= 15 is 0 Å². The Balaban J connectivity index is 2.56. The third kappa shape index (κ3) is 4.54. The van der Waals surface area contributed by atoms with Crippen LogP contribution in [-0.2, 0) is 6.54 Å². The molecule has 8 nitrogen and oxygen atoms in total. The number of likely N-dealkylation sites (N-methyl/N-ethyl adjacent to an activating group) is 1. The number of hydrogen-bond donors (Lipinski definition) is 2. The first-order chi connectivity index (χ1) is 13.9. The van der Waals surface area contributed by atoms with Gasteiger partial charge in [-0.05, 0) is 19.2 Å². The molecular weight excluding hydrogens is 374 g/mol. The minimum atomic E-state index is -0.617. The van der Waals surface area contributed by atoms with Crippen LogP contribution in [0.25, 0.3) is 10.9 Å². The van der Waals surface area contributed by atoms with E-state index in [2.05, 4.69) is 16.8 Å². The lowest BCUT2D eigenvalue weighted by Crippen LogP contribution is -2.38. The van der Waals surface area contributed by atoms with Crippen molar-refractivity contribution in [1.29, 1.82) is 0 Å². The van der Waals surface area contributed by atoms with Gasteiger partial charge in [0.05, 0.1) is 19.7 Å². The molecule has 29 heavy (non-hydrogen) atoms. The zero-order chi connectivity index (χ0) is 21.6. The number of carbonyl (C=O) groups excluding carboxylic acids is 1. The summed E-state index contributed by atoms with van der Waals surface area (Å²) in [6, 6.07) is 3.15. The largest absolute Gasteiger partial charge is 0.506 e. The number of rotatable bonds is 10. The molecule has 0 fully saturated rings. The molecule has 2 aromatic rings. The maximum Gasteiger partial charge on any atom is 0.268 e. The highest BCUT2D eigenvalue weighted by atomic mass is 16.5. The predicted octanol–water partition coefficient (Wildman–Crippen LogP) is 1.98. The lowest BCUT2D eigenvalue weighted by molar-refractivity contribution is 0.0944.